The number of allylic oxidation sites excluding steroid dienone is 1. The van der Waals surface area contributed by atoms with E-state index in [1.54, 1.807) is 19.9 Å². The van der Waals surface area contributed by atoms with Crippen LogP contribution in [0.5, 0.6) is 0 Å². The molecule has 0 unspecified atom stereocenters. The fourth-order valence-electron chi connectivity index (χ4n) is 6.25. The molecule has 1 fully saturated rings. The second-order valence-electron chi connectivity index (χ2n) is 12.7. The molecule has 9 atom stereocenters. The van der Waals surface area contributed by atoms with Gasteiger partial charge in [-0.1, -0.05) is 6.08 Å². The third-order valence-corrected chi connectivity index (χ3v) is 8.58. The van der Waals surface area contributed by atoms with E-state index in [1.807, 2.05) is 6.08 Å². The standard InChI is InChI=1S/C14H21NO6.C12H16O4.C10H15NO5/c1-5-20-14(18)10-6-11(19-4)13(15-8(2)16)12(7-10)21-9(3)17;1-3-15-12(14)9-4-8-5-10(8)11(6-9)16-7(2)13;1-5(12)11-9-7(13)3-6(10(14)15)4-8(9)16-2/h6,11-13H,5,7H2,1-4H3,(H,15,16);4,8,10-11H,3,5-6H2,1-2H3;4,7-9,13H,3H2,1-2H3,(H,11,12)(H,14,15)/t11-,12+,13+;8-,10+,11+;7-,8+,9+/m110/s1. The molecule has 4 N–H and O–H groups in total. The van der Waals surface area contributed by atoms with Gasteiger partial charge in [0.25, 0.3) is 0 Å². The van der Waals surface area contributed by atoms with E-state index in [0.29, 0.717) is 36.0 Å². The number of esters is 4. The maximum atomic E-state index is 11.8. The van der Waals surface area contributed by atoms with Gasteiger partial charge in [-0.25, -0.2) is 14.4 Å². The maximum Gasteiger partial charge on any atom is 0.333 e. The summed E-state index contributed by atoms with van der Waals surface area (Å²) in [5.41, 5.74) is 1.13. The van der Waals surface area contributed by atoms with E-state index in [0.717, 1.165) is 6.42 Å². The Bertz CT molecular complexity index is 1450. The zero-order valence-electron chi connectivity index (χ0n) is 31.4. The van der Waals surface area contributed by atoms with E-state index in [9.17, 15) is 38.7 Å². The Morgan fingerprint density at radius 2 is 1.13 bits per heavy atom. The normalized spacial score (nSPS) is 28.1. The molecule has 0 heterocycles. The lowest BCUT2D eigenvalue weighted by Gasteiger charge is -2.35. The van der Waals surface area contributed by atoms with Gasteiger partial charge in [0.2, 0.25) is 11.8 Å². The van der Waals surface area contributed by atoms with Crippen LogP contribution >= 0.6 is 0 Å². The Balaban J connectivity index is 0.000000279. The van der Waals surface area contributed by atoms with Crippen LogP contribution in [0.3, 0.4) is 0 Å². The van der Waals surface area contributed by atoms with Crippen molar-refractivity contribution in [3.05, 3.63) is 34.9 Å². The third-order valence-electron chi connectivity index (χ3n) is 8.58. The summed E-state index contributed by atoms with van der Waals surface area (Å²) in [6.07, 6.45) is 3.70. The Morgan fingerprint density at radius 3 is 1.60 bits per heavy atom. The van der Waals surface area contributed by atoms with Gasteiger partial charge in [-0.3, -0.25) is 19.2 Å². The van der Waals surface area contributed by atoms with Crippen molar-refractivity contribution in [1.82, 2.24) is 10.6 Å². The predicted octanol–water partition coefficient (Wildman–Crippen LogP) is 1.06. The molecule has 0 radical (unpaired) electrons. The number of hydrogen-bond acceptors (Lipinski definition) is 14. The SMILES string of the molecule is CCOC(=O)C1=C[C@@H](OC)[C@H](NC(C)=O)[C@@H](OC(C)=O)C1.CCOC(=O)C1=C[C@@H]2C[C@@H]2[C@@H](OC(C)=O)C1.CO[C@@H]1C=C(C(=O)O)C[C@H](O)[C@H]1NC(C)=O. The third kappa shape index (κ3) is 14.0. The number of aliphatic hydroxyl groups is 1. The number of aliphatic carboxylic acids is 1. The van der Waals surface area contributed by atoms with Crippen molar-refractivity contribution in [2.45, 2.75) is 110 Å². The average Bonchev–Trinajstić information content (AvgIpc) is 3.86. The fourth-order valence-corrected chi connectivity index (χ4v) is 6.25. The molecule has 0 spiro atoms. The van der Waals surface area contributed by atoms with Crippen LogP contribution in [0.4, 0.5) is 0 Å². The lowest BCUT2D eigenvalue weighted by atomic mass is 9.89. The number of hydrogen-bond donors (Lipinski definition) is 4. The Kier molecular flexibility index (Phi) is 17.8. The number of amides is 2. The van der Waals surface area contributed by atoms with E-state index >= 15 is 0 Å². The van der Waals surface area contributed by atoms with Gasteiger partial charge in [0.05, 0.1) is 43.6 Å². The van der Waals surface area contributed by atoms with Crippen LogP contribution in [0.25, 0.3) is 0 Å². The minimum Gasteiger partial charge on any atom is -0.478 e. The van der Waals surface area contributed by atoms with E-state index in [4.69, 9.17) is 33.5 Å². The number of fused-ring (bicyclic) bond motifs is 1. The number of ether oxygens (including phenoxy) is 6. The van der Waals surface area contributed by atoms with Crippen molar-refractivity contribution in [3.63, 3.8) is 0 Å². The van der Waals surface area contributed by atoms with Crippen LogP contribution in [-0.2, 0) is 62.0 Å². The molecule has 4 aliphatic rings. The topological polar surface area (TPSA) is 239 Å². The van der Waals surface area contributed by atoms with Gasteiger partial charge in [0.15, 0.2) is 0 Å². The number of carboxylic acid groups (broad SMARTS) is 1. The molecule has 0 aliphatic heterocycles. The fraction of sp³-hybridized carbons (Fsp3) is 0.639. The van der Waals surface area contributed by atoms with E-state index in [2.05, 4.69) is 10.6 Å². The minimum absolute atomic E-state index is 0.000139. The molecule has 0 aromatic carbocycles. The first-order chi connectivity index (χ1) is 24.9. The molecule has 0 aromatic heterocycles. The first kappa shape index (κ1) is 44.6. The maximum absolute atomic E-state index is 11.8. The molecule has 1 saturated carbocycles. The molecule has 0 saturated heterocycles. The zero-order valence-corrected chi connectivity index (χ0v) is 31.4. The van der Waals surface area contributed by atoms with Gasteiger partial charge in [-0.05, 0) is 38.3 Å². The number of nitrogens with one attached hydrogen (secondary N) is 2. The van der Waals surface area contributed by atoms with Crippen molar-refractivity contribution < 1.29 is 72.2 Å². The number of rotatable bonds is 11. The molecule has 0 aromatic rings. The highest BCUT2D eigenvalue weighted by molar-refractivity contribution is 5.90. The van der Waals surface area contributed by atoms with Crippen LogP contribution in [0, 0.1) is 11.8 Å². The molecule has 0 bridgehead atoms. The van der Waals surface area contributed by atoms with Crippen LogP contribution in [0.2, 0.25) is 0 Å². The number of methoxy groups -OCH3 is 2. The number of carbonyl (C=O) groups excluding carboxylic acids is 6. The first-order valence-electron chi connectivity index (χ1n) is 17.3. The summed E-state index contributed by atoms with van der Waals surface area (Å²) in [6, 6.07) is -1.15. The molecule has 53 heavy (non-hydrogen) atoms. The second kappa shape index (κ2) is 21.2. The lowest BCUT2D eigenvalue weighted by molar-refractivity contribution is -0.152. The van der Waals surface area contributed by atoms with Crippen LogP contribution in [0.1, 0.15) is 67.2 Å². The Hall–Kier alpha value is -4.61. The minimum atomic E-state index is -1.08. The molecular weight excluding hydrogens is 700 g/mol. The molecule has 17 nitrogen and oxygen atoms in total. The highest BCUT2D eigenvalue weighted by Crippen LogP contribution is 2.49. The summed E-state index contributed by atoms with van der Waals surface area (Å²) < 4.78 is 30.7. The van der Waals surface area contributed by atoms with Crippen molar-refractivity contribution in [2.75, 3.05) is 27.4 Å². The van der Waals surface area contributed by atoms with Crippen molar-refractivity contribution >= 4 is 41.7 Å². The van der Waals surface area contributed by atoms with Gasteiger partial charge >= 0.3 is 29.8 Å². The summed E-state index contributed by atoms with van der Waals surface area (Å²) in [5, 5.41) is 23.8. The van der Waals surface area contributed by atoms with Crippen LogP contribution in [0.15, 0.2) is 34.9 Å². The van der Waals surface area contributed by atoms with E-state index in [1.165, 1.54) is 48.0 Å². The highest BCUT2D eigenvalue weighted by atomic mass is 16.6. The largest absolute Gasteiger partial charge is 0.478 e. The smallest absolute Gasteiger partial charge is 0.333 e. The van der Waals surface area contributed by atoms with Crippen molar-refractivity contribution in [2.24, 2.45) is 11.8 Å². The Labute approximate surface area is 308 Å². The molecule has 4 aliphatic carbocycles. The quantitative estimate of drug-likeness (QED) is 0.170. The molecule has 17 heteroatoms. The summed E-state index contributed by atoms with van der Waals surface area (Å²) in [5.74, 6) is -2.34. The highest BCUT2D eigenvalue weighted by Gasteiger charge is 2.48. The number of carboxylic acids is 1. The van der Waals surface area contributed by atoms with Gasteiger partial charge in [0, 0.05) is 83.8 Å². The lowest BCUT2D eigenvalue weighted by Crippen LogP contribution is -2.54. The molecule has 4 rings (SSSR count). The van der Waals surface area contributed by atoms with E-state index in [-0.39, 0.29) is 54.9 Å². The van der Waals surface area contributed by atoms with Gasteiger partial charge in [0.1, 0.15) is 12.2 Å². The zero-order chi connectivity index (χ0) is 40.0. The summed E-state index contributed by atoms with van der Waals surface area (Å²) in [6.45, 7) is 9.49. The summed E-state index contributed by atoms with van der Waals surface area (Å²) >= 11 is 0. The van der Waals surface area contributed by atoms with Crippen molar-refractivity contribution in [1.29, 1.82) is 0 Å². The molecule has 296 valence electrons. The summed E-state index contributed by atoms with van der Waals surface area (Å²) in [7, 11) is 2.85. The number of carbonyl (C=O) groups is 7. The Morgan fingerprint density at radius 1 is 0.679 bits per heavy atom. The van der Waals surface area contributed by atoms with Gasteiger partial charge in [-0.15, -0.1) is 0 Å². The van der Waals surface area contributed by atoms with Crippen molar-refractivity contribution in [3.8, 4) is 0 Å². The van der Waals surface area contributed by atoms with E-state index < -0.39 is 54.4 Å². The van der Waals surface area contributed by atoms with Gasteiger partial charge < -0.3 is 49.3 Å². The molecular formula is C36H52N2O15. The first-order valence-corrected chi connectivity index (χ1v) is 17.3. The van der Waals surface area contributed by atoms with Crippen LogP contribution in [-0.4, -0.2) is 122 Å². The van der Waals surface area contributed by atoms with Gasteiger partial charge in [-0.2, -0.15) is 0 Å². The monoisotopic (exact) mass is 752 g/mol. The average molecular weight is 753 g/mol. The second-order valence-corrected chi connectivity index (χ2v) is 12.7. The molecule has 2 amide bonds. The van der Waals surface area contributed by atoms with Crippen LogP contribution < -0.4 is 10.6 Å². The summed E-state index contributed by atoms with van der Waals surface area (Å²) in [4.78, 5) is 78.5. The number of aliphatic hydroxyl groups excluding tert-OH is 1. The predicted molar refractivity (Wildman–Crippen MR) is 185 cm³/mol.